The molecule has 1 rings (SSSR count). The number of carboxylic acid groups (broad SMARTS) is 1. The van der Waals surface area contributed by atoms with Crippen LogP contribution in [0.5, 0.6) is 0 Å². The normalized spacial score (nSPS) is 25.8. The summed E-state index contributed by atoms with van der Waals surface area (Å²) >= 11 is 0. The number of carbonyl (C=O) groups is 1. The van der Waals surface area contributed by atoms with E-state index < -0.39 is 11.5 Å². The molecule has 2 unspecified atom stereocenters. The molecule has 94 valence electrons. The van der Waals surface area contributed by atoms with Gasteiger partial charge in [0.05, 0.1) is 0 Å². The summed E-state index contributed by atoms with van der Waals surface area (Å²) in [7, 11) is 0. The quantitative estimate of drug-likeness (QED) is 0.754. The van der Waals surface area contributed by atoms with E-state index in [9.17, 15) is 9.90 Å². The fourth-order valence-electron chi connectivity index (χ4n) is 2.24. The molecule has 1 heterocycles. The van der Waals surface area contributed by atoms with Gasteiger partial charge in [0.1, 0.15) is 5.54 Å². The van der Waals surface area contributed by atoms with Crippen LogP contribution in [0, 0.1) is 0 Å². The number of hydrogen-bond acceptors (Lipinski definition) is 3. The second-order valence-corrected chi connectivity index (χ2v) is 4.77. The summed E-state index contributed by atoms with van der Waals surface area (Å²) in [5.41, 5.74) is -0.788. The predicted molar refractivity (Wildman–Crippen MR) is 62.5 cm³/mol. The Bertz CT molecular complexity index is 224. The van der Waals surface area contributed by atoms with Crippen LogP contribution >= 0.6 is 0 Å². The van der Waals surface area contributed by atoms with Crippen molar-refractivity contribution in [3.05, 3.63) is 0 Å². The van der Waals surface area contributed by atoms with Gasteiger partial charge >= 0.3 is 5.97 Å². The molecule has 1 saturated heterocycles. The Balaban J connectivity index is 2.55. The molecule has 0 aromatic heterocycles. The minimum Gasteiger partial charge on any atom is -0.480 e. The number of aliphatic carboxylic acids is 1. The molecule has 1 fully saturated rings. The molecule has 0 aromatic carbocycles. The summed E-state index contributed by atoms with van der Waals surface area (Å²) < 4.78 is 5.37. The van der Waals surface area contributed by atoms with Gasteiger partial charge in [0.15, 0.2) is 0 Å². The van der Waals surface area contributed by atoms with Crippen molar-refractivity contribution in [2.75, 3.05) is 13.2 Å². The van der Waals surface area contributed by atoms with E-state index in [0.29, 0.717) is 6.42 Å². The van der Waals surface area contributed by atoms with Crippen LogP contribution in [-0.4, -0.2) is 35.9 Å². The molecule has 0 aromatic rings. The molecule has 4 nitrogen and oxygen atoms in total. The summed E-state index contributed by atoms with van der Waals surface area (Å²) in [4.78, 5) is 11.3. The second-order valence-electron chi connectivity index (χ2n) is 4.77. The van der Waals surface area contributed by atoms with Crippen molar-refractivity contribution in [2.45, 2.75) is 57.5 Å². The van der Waals surface area contributed by atoms with Crippen molar-refractivity contribution in [3.8, 4) is 0 Å². The standard InChI is InChI=1S/C12H23NO3/c1-3-7-12(2,11(14)15)13-10-5-4-8-16-9-6-10/h10,13H,3-9H2,1-2H3,(H,14,15). The van der Waals surface area contributed by atoms with E-state index in [1.165, 1.54) is 0 Å². The summed E-state index contributed by atoms with van der Waals surface area (Å²) in [5, 5.41) is 12.6. The first kappa shape index (κ1) is 13.5. The smallest absolute Gasteiger partial charge is 0.323 e. The summed E-state index contributed by atoms with van der Waals surface area (Å²) in [6, 6.07) is 0.273. The Morgan fingerprint density at radius 1 is 1.50 bits per heavy atom. The predicted octanol–water partition coefficient (Wildman–Crippen LogP) is 1.79. The van der Waals surface area contributed by atoms with E-state index in [1.807, 2.05) is 6.92 Å². The van der Waals surface area contributed by atoms with E-state index in [2.05, 4.69) is 5.32 Å². The highest BCUT2D eigenvalue weighted by Crippen LogP contribution is 2.17. The van der Waals surface area contributed by atoms with Gasteiger partial charge in [-0.05, 0) is 32.6 Å². The van der Waals surface area contributed by atoms with E-state index >= 15 is 0 Å². The van der Waals surface area contributed by atoms with Gasteiger partial charge in [-0.3, -0.25) is 10.1 Å². The Morgan fingerprint density at radius 3 is 2.88 bits per heavy atom. The molecular formula is C12H23NO3. The first-order chi connectivity index (χ1) is 7.58. The topological polar surface area (TPSA) is 58.6 Å². The van der Waals surface area contributed by atoms with Crippen molar-refractivity contribution in [3.63, 3.8) is 0 Å². The van der Waals surface area contributed by atoms with Crippen LogP contribution in [0.2, 0.25) is 0 Å². The summed E-state index contributed by atoms with van der Waals surface area (Å²) in [5.74, 6) is -0.750. The molecule has 0 saturated carbocycles. The Kier molecular flexibility index (Phi) is 5.22. The zero-order chi connectivity index (χ0) is 12.0. The maximum atomic E-state index is 11.3. The number of carboxylic acids is 1. The third-order valence-electron chi connectivity index (χ3n) is 3.20. The average Bonchev–Trinajstić information content (AvgIpc) is 2.46. The third kappa shape index (κ3) is 3.76. The van der Waals surface area contributed by atoms with E-state index in [0.717, 1.165) is 38.9 Å². The van der Waals surface area contributed by atoms with Gasteiger partial charge < -0.3 is 9.84 Å². The van der Waals surface area contributed by atoms with Gasteiger partial charge in [0.25, 0.3) is 0 Å². The van der Waals surface area contributed by atoms with Gasteiger partial charge in [0.2, 0.25) is 0 Å². The molecule has 0 amide bonds. The van der Waals surface area contributed by atoms with Crippen molar-refractivity contribution < 1.29 is 14.6 Å². The minimum absolute atomic E-state index is 0.273. The molecule has 4 heteroatoms. The van der Waals surface area contributed by atoms with E-state index in [1.54, 1.807) is 6.92 Å². The molecule has 1 aliphatic heterocycles. The minimum atomic E-state index is -0.788. The lowest BCUT2D eigenvalue weighted by Crippen LogP contribution is -2.53. The van der Waals surface area contributed by atoms with E-state index in [4.69, 9.17) is 4.74 Å². The third-order valence-corrected chi connectivity index (χ3v) is 3.20. The zero-order valence-electron chi connectivity index (χ0n) is 10.3. The fourth-order valence-corrected chi connectivity index (χ4v) is 2.24. The van der Waals surface area contributed by atoms with E-state index in [-0.39, 0.29) is 6.04 Å². The van der Waals surface area contributed by atoms with Gasteiger partial charge in [0, 0.05) is 19.3 Å². The first-order valence-corrected chi connectivity index (χ1v) is 6.17. The molecule has 0 spiro atoms. The molecule has 16 heavy (non-hydrogen) atoms. The highest BCUT2D eigenvalue weighted by molar-refractivity contribution is 5.78. The monoisotopic (exact) mass is 229 g/mol. The second kappa shape index (κ2) is 6.21. The van der Waals surface area contributed by atoms with Crippen LogP contribution in [0.25, 0.3) is 0 Å². The molecule has 2 N–H and O–H groups in total. The number of nitrogens with one attached hydrogen (secondary N) is 1. The molecule has 0 aliphatic carbocycles. The van der Waals surface area contributed by atoms with Crippen molar-refractivity contribution >= 4 is 5.97 Å². The van der Waals surface area contributed by atoms with Gasteiger partial charge in [-0.1, -0.05) is 13.3 Å². The lowest BCUT2D eigenvalue weighted by atomic mass is 9.93. The van der Waals surface area contributed by atoms with Crippen molar-refractivity contribution in [1.82, 2.24) is 5.32 Å². The van der Waals surface area contributed by atoms with Crippen molar-refractivity contribution in [2.24, 2.45) is 0 Å². The van der Waals surface area contributed by atoms with Gasteiger partial charge in [-0.2, -0.15) is 0 Å². The highest BCUT2D eigenvalue weighted by Gasteiger charge is 2.34. The van der Waals surface area contributed by atoms with Crippen LogP contribution in [0.4, 0.5) is 0 Å². The van der Waals surface area contributed by atoms with Gasteiger partial charge in [-0.15, -0.1) is 0 Å². The fraction of sp³-hybridized carbons (Fsp3) is 0.917. The largest absolute Gasteiger partial charge is 0.480 e. The maximum absolute atomic E-state index is 11.3. The maximum Gasteiger partial charge on any atom is 0.323 e. The lowest BCUT2D eigenvalue weighted by Gasteiger charge is -2.30. The van der Waals surface area contributed by atoms with Crippen LogP contribution in [0.15, 0.2) is 0 Å². The lowest BCUT2D eigenvalue weighted by molar-refractivity contribution is -0.145. The number of hydrogen-bond donors (Lipinski definition) is 2. The molecular weight excluding hydrogens is 206 g/mol. The number of ether oxygens (including phenoxy) is 1. The van der Waals surface area contributed by atoms with Crippen LogP contribution in [-0.2, 0) is 9.53 Å². The zero-order valence-corrected chi connectivity index (χ0v) is 10.3. The Morgan fingerprint density at radius 2 is 2.25 bits per heavy atom. The molecule has 0 bridgehead atoms. The molecule has 2 atom stereocenters. The van der Waals surface area contributed by atoms with Crippen LogP contribution < -0.4 is 5.32 Å². The number of rotatable bonds is 5. The molecule has 1 aliphatic rings. The molecule has 0 radical (unpaired) electrons. The Labute approximate surface area is 97.4 Å². The SMILES string of the molecule is CCCC(C)(NC1CCCOCC1)C(=O)O. The summed E-state index contributed by atoms with van der Waals surface area (Å²) in [6.45, 7) is 5.33. The highest BCUT2D eigenvalue weighted by atomic mass is 16.5. The van der Waals surface area contributed by atoms with Crippen LogP contribution in [0.3, 0.4) is 0 Å². The summed E-state index contributed by atoms with van der Waals surface area (Å²) in [6.07, 6.45) is 4.47. The van der Waals surface area contributed by atoms with Crippen LogP contribution in [0.1, 0.15) is 46.0 Å². The van der Waals surface area contributed by atoms with Crippen molar-refractivity contribution in [1.29, 1.82) is 0 Å². The first-order valence-electron chi connectivity index (χ1n) is 6.17. The average molecular weight is 229 g/mol. The van der Waals surface area contributed by atoms with Gasteiger partial charge in [-0.25, -0.2) is 0 Å². The Hall–Kier alpha value is -0.610.